The molecular formula is C7H15NO. The summed E-state index contributed by atoms with van der Waals surface area (Å²) >= 11 is 0. The summed E-state index contributed by atoms with van der Waals surface area (Å²) in [5.41, 5.74) is 0.363. The zero-order chi connectivity index (χ0) is 6.91. The van der Waals surface area contributed by atoms with E-state index in [0.29, 0.717) is 5.54 Å². The van der Waals surface area contributed by atoms with Crippen LogP contribution in [-0.4, -0.2) is 23.3 Å². The van der Waals surface area contributed by atoms with Gasteiger partial charge in [-0.25, -0.2) is 0 Å². The molecule has 0 aliphatic heterocycles. The summed E-state index contributed by atoms with van der Waals surface area (Å²) in [6.45, 7) is 4.44. The Bertz CT molecular complexity index is 99.1. The Morgan fingerprint density at radius 1 is 1.67 bits per heavy atom. The first-order valence-electron chi connectivity index (χ1n) is 3.55. The second kappa shape index (κ2) is 2.27. The molecule has 54 valence electrons. The molecule has 0 bridgehead atoms. The van der Waals surface area contributed by atoms with Gasteiger partial charge in [-0.2, -0.15) is 0 Å². The highest BCUT2D eigenvalue weighted by Gasteiger charge is 2.37. The highest BCUT2D eigenvalue weighted by Crippen LogP contribution is 2.34. The van der Waals surface area contributed by atoms with E-state index < -0.39 is 0 Å². The van der Waals surface area contributed by atoms with E-state index >= 15 is 0 Å². The molecule has 1 saturated carbocycles. The molecule has 2 N–H and O–H groups in total. The maximum Gasteiger partial charge on any atom is 0.0582 e. The van der Waals surface area contributed by atoms with E-state index in [0.717, 1.165) is 0 Å². The molecule has 1 aliphatic rings. The zero-order valence-corrected chi connectivity index (χ0v) is 6.15. The van der Waals surface area contributed by atoms with Crippen molar-refractivity contribution < 1.29 is 5.11 Å². The highest BCUT2D eigenvalue weighted by molar-refractivity contribution is 4.98. The van der Waals surface area contributed by atoms with Crippen LogP contribution in [0.4, 0.5) is 0 Å². The number of nitrogens with one attached hydrogen (secondary N) is 1. The fraction of sp³-hybridized carbons (Fsp3) is 1.00. The van der Waals surface area contributed by atoms with E-state index in [-0.39, 0.29) is 12.6 Å². The van der Waals surface area contributed by atoms with E-state index in [9.17, 15) is 0 Å². The molecule has 0 amide bonds. The molecule has 9 heavy (non-hydrogen) atoms. The van der Waals surface area contributed by atoms with Gasteiger partial charge in [0.2, 0.25) is 0 Å². The van der Waals surface area contributed by atoms with Crippen LogP contribution in [0.25, 0.3) is 0 Å². The van der Waals surface area contributed by atoms with Crippen molar-refractivity contribution in [2.75, 3.05) is 6.61 Å². The minimum atomic E-state index is 0.246. The molecule has 1 aliphatic carbocycles. The van der Waals surface area contributed by atoms with Crippen LogP contribution in [0, 0.1) is 0 Å². The van der Waals surface area contributed by atoms with Crippen LogP contribution >= 0.6 is 0 Å². The van der Waals surface area contributed by atoms with Crippen LogP contribution in [-0.2, 0) is 0 Å². The van der Waals surface area contributed by atoms with Gasteiger partial charge in [0.05, 0.1) is 6.61 Å². The van der Waals surface area contributed by atoms with Crippen molar-refractivity contribution >= 4 is 0 Å². The lowest BCUT2D eigenvalue weighted by atomic mass is 10.2. The van der Waals surface area contributed by atoms with E-state index in [1.165, 1.54) is 12.8 Å². The molecule has 0 aromatic heterocycles. The summed E-state index contributed by atoms with van der Waals surface area (Å²) in [7, 11) is 0. The quantitative estimate of drug-likeness (QED) is 0.582. The number of rotatable bonds is 3. The standard InChI is InChI=1S/C7H15NO/c1-6(5-9)8-7(2)3-4-7/h6,8-9H,3-5H2,1-2H3. The Morgan fingerprint density at radius 2 is 2.22 bits per heavy atom. The second-order valence-corrected chi connectivity index (χ2v) is 3.29. The summed E-state index contributed by atoms with van der Waals surface area (Å²) in [5.74, 6) is 0. The van der Waals surface area contributed by atoms with E-state index in [1.54, 1.807) is 0 Å². The van der Waals surface area contributed by atoms with Crippen LogP contribution in [0.15, 0.2) is 0 Å². The smallest absolute Gasteiger partial charge is 0.0582 e. The van der Waals surface area contributed by atoms with Crippen molar-refractivity contribution in [2.24, 2.45) is 0 Å². The Hall–Kier alpha value is -0.0800. The maximum atomic E-state index is 8.66. The van der Waals surface area contributed by atoms with Crippen molar-refractivity contribution in [2.45, 2.75) is 38.3 Å². The van der Waals surface area contributed by atoms with Crippen molar-refractivity contribution in [3.8, 4) is 0 Å². The predicted molar refractivity (Wildman–Crippen MR) is 37.3 cm³/mol. The van der Waals surface area contributed by atoms with Gasteiger partial charge in [0, 0.05) is 11.6 Å². The molecule has 2 nitrogen and oxygen atoms in total. The highest BCUT2D eigenvalue weighted by atomic mass is 16.3. The lowest BCUT2D eigenvalue weighted by molar-refractivity contribution is 0.239. The third-order valence-electron chi connectivity index (χ3n) is 1.87. The van der Waals surface area contributed by atoms with E-state index in [2.05, 4.69) is 12.2 Å². The monoisotopic (exact) mass is 129 g/mol. The van der Waals surface area contributed by atoms with Gasteiger partial charge < -0.3 is 10.4 Å². The van der Waals surface area contributed by atoms with Gasteiger partial charge in [0.1, 0.15) is 0 Å². The first-order chi connectivity index (χ1) is 4.16. The summed E-state index contributed by atoms with van der Waals surface area (Å²) < 4.78 is 0. The second-order valence-electron chi connectivity index (χ2n) is 3.29. The van der Waals surface area contributed by atoms with Crippen LogP contribution in [0.3, 0.4) is 0 Å². The van der Waals surface area contributed by atoms with Gasteiger partial charge in [0.15, 0.2) is 0 Å². The maximum absolute atomic E-state index is 8.66. The molecule has 0 aromatic rings. The van der Waals surface area contributed by atoms with Crippen molar-refractivity contribution in [3.63, 3.8) is 0 Å². The average Bonchev–Trinajstić information content (AvgIpc) is 2.48. The van der Waals surface area contributed by atoms with Gasteiger partial charge in [-0.15, -0.1) is 0 Å². The number of aliphatic hydroxyl groups is 1. The Balaban J connectivity index is 2.17. The number of hydrogen-bond acceptors (Lipinski definition) is 2. The van der Waals surface area contributed by atoms with E-state index in [4.69, 9.17) is 5.11 Å². The topological polar surface area (TPSA) is 32.3 Å². The fourth-order valence-electron chi connectivity index (χ4n) is 0.972. The lowest BCUT2D eigenvalue weighted by Gasteiger charge is -2.16. The summed E-state index contributed by atoms with van der Waals surface area (Å²) in [4.78, 5) is 0. The van der Waals surface area contributed by atoms with Crippen LogP contribution in [0.1, 0.15) is 26.7 Å². The third-order valence-corrected chi connectivity index (χ3v) is 1.87. The van der Waals surface area contributed by atoms with Gasteiger partial charge in [-0.3, -0.25) is 0 Å². The van der Waals surface area contributed by atoms with Crippen LogP contribution < -0.4 is 5.32 Å². The molecule has 1 unspecified atom stereocenters. The molecule has 1 atom stereocenters. The average molecular weight is 129 g/mol. The summed E-state index contributed by atoms with van der Waals surface area (Å²) in [5, 5.41) is 12.0. The molecule has 0 saturated heterocycles. The molecule has 2 heteroatoms. The zero-order valence-electron chi connectivity index (χ0n) is 6.15. The Kier molecular flexibility index (Phi) is 1.78. The summed E-state index contributed by atoms with van der Waals surface area (Å²) in [6, 6.07) is 0.262. The SMILES string of the molecule is CC(CO)NC1(C)CC1. The van der Waals surface area contributed by atoms with Gasteiger partial charge in [-0.05, 0) is 26.7 Å². The van der Waals surface area contributed by atoms with Gasteiger partial charge in [0.25, 0.3) is 0 Å². The number of hydrogen-bond donors (Lipinski definition) is 2. The largest absolute Gasteiger partial charge is 0.395 e. The minimum absolute atomic E-state index is 0.246. The first kappa shape index (κ1) is 7.03. The molecule has 0 radical (unpaired) electrons. The van der Waals surface area contributed by atoms with Gasteiger partial charge in [-0.1, -0.05) is 0 Å². The number of aliphatic hydroxyl groups excluding tert-OH is 1. The molecular weight excluding hydrogens is 114 g/mol. The lowest BCUT2D eigenvalue weighted by Crippen LogP contribution is -2.38. The first-order valence-corrected chi connectivity index (χ1v) is 3.55. The summed E-state index contributed by atoms with van der Waals surface area (Å²) in [6.07, 6.45) is 2.52. The van der Waals surface area contributed by atoms with Crippen LogP contribution in [0.2, 0.25) is 0 Å². The molecule has 0 heterocycles. The van der Waals surface area contributed by atoms with Crippen molar-refractivity contribution in [3.05, 3.63) is 0 Å². The normalized spacial score (nSPS) is 25.7. The molecule has 0 aromatic carbocycles. The molecule has 0 spiro atoms. The molecule has 1 rings (SSSR count). The van der Waals surface area contributed by atoms with Crippen molar-refractivity contribution in [1.82, 2.24) is 5.32 Å². The predicted octanol–water partition coefficient (Wildman–Crippen LogP) is 0.509. The fourth-order valence-corrected chi connectivity index (χ4v) is 0.972. The van der Waals surface area contributed by atoms with Crippen LogP contribution in [0.5, 0.6) is 0 Å². The third kappa shape index (κ3) is 1.95. The van der Waals surface area contributed by atoms with Crippen molar-refractivity contribution in [1.29, 1.82) is 0 Å². The van der Waals surface area contributed by atoms with E-state index in [1.807, 2.05) is 6.92 Å². The minimum Gasteiger partial charge on any atom is -0.395 e. The Morgan fingerprint density at radius 3 is 2.56 bits per heavy atom. The Labute approximate surface area is 56.3 Å². The molecule has 1 fully saturated rings. The van der Waals surface area contributed by atoms with Gasteiger partial charge >= 0.3 is 0 Å².